The molecule has 0 bridgehead atoms. The highest BCUT2D eigenvalue weighted by Crippen LogP contribution is 2.37. The van der Waals surface area contributed by atoms with Crippen LogP contribution in [-0.2, 0) is 5.75 Å². The zero-order valence-corrected chi connectivity index (χ0v) is 19.4. The predicted octanol–water partition coefficient (Wildman–Crippen LogP) is 6.04. The Hall–Kier alpha value is -2.16. The number of rotatable bonds is 7. The van der Waals surface area contributed by atoms with Crippen LogP contribution in [0.1, 0.15) is 48.9 Å². The van der Waals surface area contributed by atoms with Gasteiger partial charge in [0, 0.05) is 5.75 Å². The smallest absolute Gasteiger partial charge is 0.258 e. The van der Waals surface area contributed by atoms with Crippen molar-refractivity contribution in [3.63, 3.8) is 0 Å². The van der Waals surface area contributed by atoms with Gasteiger partial charge in [0.2, 0.25) is 0 Å². The van der Waals surface area contributed by atoms with Gasteiger partial charge in [0.05, 0.1) is 16.2 Å². The highest BCUT2D eigenvalue weighted by atomic mass is 32.2. The molecule has 8 heteroatoms. The van der Waals surface area contributed by atoms with Crippen molar-refractivity contribution < 1.29 is 0 Å². The molecule has 0 fully saturated rings. The van der Waals surface area contributed by atoms with Crippen LogP contribution in [-0.4, -0.2) is 20.2 Å². The Morgan fingerprint density at radius 2 is 1.73 bits per heavy atom. The van der Waals surface area contributed by atoms with Gasteiger partial charge in [-0.15, -0.1) is 10.2 Å². The molecule has 30 heavy (non-hydrogen) atoms. The Balaban J connectivity index is 1.40. The summed E-state index contributed by atoms with van der Waals surface area (Å²) in [5.41, 5.74) is 3.23. The number of nitrogens with zero attached hydrogens (tertiary/aromatic N) is 3. The largest absolute Gasteiger partial charge is 0.309 e. The molecule has 4 aromatic rings. The minimum Gasteiger partial charge on any atom is -0.309 e. The molecule has 0 amide bonds. The Bertz CT molecular complexity index is 1200. The molecule has 5 nitrogen and oxygen atoms in total. The van der Waals surface area contributed by atoms with E-state index in [-0.39, 0.29) is 10.8 Å². The zero-order chi connectivity index (χ0) is 21.1. The van der Waals surface area contributed by atoms with Crippen molar-refractivity contribution in [3.05, 3.63) is 75.8 Å². The van der Waals surface area contributed by atoms with Crippen LogP contribution in [0.15, 0.2) is 62.0 Å². The van der Waals surface area contributed by atoms with Crippen LogP contribution in [0.3, 0.4) is 0 Å². The van der Waals surface area contributed by atoms with E-state index >= 15 is 0 Å². The normalized spacial score (nSPS) is 12.5. The molecular formula is C22H22N4OS3. The quantitative estimate of drug-likeness (QED) is 0.343. The van der Waals surface area contributed by atoms with E-state index in [0.29, 0.717) is 22.6 Å². The van der Waals surface area contributed by atoms with Crippen LogP contribution in [0.5, 0.6) is 0 Å². The van der Waals surface area contributed by atoms with E-state index in [4.69, 9.17) is 0 Å². The van der Waals surface area contributed by atoms with Gasteiger partial charge in [-0.1, -0.05) is 85.1 Å². The molecule has 1 unspecified atom stereocenters. The molecule has 2 aromatic carbocycles. The third-order valence-corrected chi connectivity index (χ3v) is 8.01. The standard InChI is InChI=1S/C22H22N4OS3/c1-13(2)16-10-8-15(9-11-16)12-28-21-25-26-22(30-21)29-14(3)19-23-18-7-5-4-6-17(18)20(27)24-19/h4-11,13-14H,12H2,1-3H3,(H,23,24,27). The molecule has 0 aliphatic heterocycles. The lowest BCUT2D eigenvalue weighted by Gasteiger charge is -2.08. The molecular weight excluding hydrogens is 432 g/mol. The molecule has 0 saturated heterocycles. The zero-order valence-electron chi connectivity index (χ0n) is 17.0. The molecule has 154 valence electrons. The molecule has 2 heterocycles. The van der Waals surface area contributed by atoms with E-state index in [1.807, 2.05) is 25.1 Å². The second-order valence-corrected chi connectivity index (χ2v) is 11.0. The van der Waals surface area contributed by atoms with Crippen LogP contribution in [0.2, 0.25) is 0 Å². The number of hydrogen-bond acceptors (Lipinski definition) is 7. The van der Waals surface area contributed by atoms with Crippen molar-refractivity contribution in [1.29, 1.82) is 0 Å². The van der Waals surface area contributed by atoms with Gasteiger partial charge in [-0.2, -0.15) is 0 Å². The first kappa shape index (κ1) is 21.1. The van der Waals surface area contributed by atoms with Crippen LogP contribution < -0.4 is 5.56 Å². The summed E-state index contributed by atoms with van der Waals surface area (Å²) in [5, 5.41) is 9.19. The van der Waals surface area contributed by atoms with Crippen molar-refractivity contribution in [2.45, 2.75) is 46.4 Å². The highest BCUT2D eigenvalue weighted by molar-refractivity contribution is 8.03. The van der Waals surface area contributed by atoms with Gasteiger partial charge in [-0.05, 0) is 36.1 Å². The van der Waals surface area contributed by atoms with Crippen LogP contribution in [0, 0.1) is 0 Å². The molecule has 0 spiro atoms. The summed E-state index contributed by atoms with van der Waals surface area (Å²) in [6.07, 6.45) is 0. The van der Waals surface area contributed by atoms with E-state index in [0.717, 1.165) is 14.4 Å². The van der Waals surface area contributed by atoms with Crippen LogP contribution in [0.25, 0.3) is 10.9 Å². The Morgan fingerprint density at radius 1 is 1.00 bits per heavy atom. The average Bonchev–Trinajstić information content (AvgIpc) is 3.19. The predicted molar refractivity (Wildman–Crippen MR) is 127 cm³/mol. The van der Waals surface area contributed by atoms with Gasteiger partial charge < -0.3 is 4.98 Å². The van der Waals surface area contributed by atoms with Gasteiger partial charge in [0.15, 0.2) is 8.68 Å². The van der Waals surface area contributed by atoms with Gasteiger partial charge in [-0.3, -0.25) is 4.79 Å². The van der Waals surface area contributed by atoms with Crippen LogP contribution >= 0.6 is 34.9 Å². The number of H-pyrrole nitrogens is 1. The SMILES string of the molecule is CC(C)c1ccc(CSc2nnc(SC(C)c3nc4ccccc4c(=O)[nH]3)s2)cc1. The van der Waals surface area contributed by atoms with E-state index in [1.165, 1.54) is 11.1 Å². The third kappa shape index (κ3) is 4.94. The van der Waals surface area contributed by atoms with Crippen LogP contribution in [0.4, 0.5) is 0 Å². The molecule has 0 radical (unpaired) electrons. The maximum absolute atomic E-state index is 12.3. The first-order chi connectivity index (χ1) is 14.5. The molecule has 1 N–H and O–H groups in total. The third-order valence-electron chi connectivity index (χ3n) is 4.69. The Kier molecular flexibility index (Phi) is 6.55. The maximum atomic E-state index is 12.3. The summed E-state index contributed by atoms with van der Waals surface area (Å²) < 4.78 is 1.81. The van der Waals surface area contributed by atoms with E-state index in [9.17, 15) is 4.79 Å². The lowest BCUT2D eigenvalue weighted by molar-refractivity contribution is 0.866. The summed E-state index contributed by atoms with van der Waals surface area (Å²) in [6, 6.07) is 16.1. The van der Waals surface area contributed by atoms with E-state index < -0.39 is 0 Å². The number of thioether (sulfide) groups is 2. The van der Waals surface area contributed by atoms with Crippen molar-refractivity contribution in [2.24, 2.45) is 0 Å². The fourth-order valence-corrected chi connectivity index (χ4v) is 6.13. The Morgan fingerprint density at radius 3 is 2.50 bits per heavy atom. The van der Waals surface area contributed by atoms with Gasteiger partial charge in [0.1, 0.15) is 5.82 Å². The van der Waals surface area contributed by atoms with Gasteiger partial charge in [-0.25, -0.2) is 4.98 Å². The Labute approximate surface area is 187 Å². The number of para-hydroxylation sites is 1. The van der Waals surface area contributed by atoms with Crippen molar-refractivity contribution in [3.8, 4) is 0 Å². The van der Waals surface area contributed by atoms with Crippen molar-refractivity contribution in [1.82, 2.24) is 20.2 Å². The summed E-state index contributed by atoms with van der Waals surface area (Å²) in [7, 11) is 0. The van der Waals surface area contributed by atoms with E-state index in [2.05, 4.69) is 58.3 Å². The van der Waals surface area contributed by atoms with E-state index in [1.54, 1.807) is 40.9 Å². The summed E-state index contributed by atoms with van der Waals surface area (Å²) in [6.45, 7) is 6.42. The van der Waals surface area contributed by atoms with Crippen molar-refractivity contribution >= 4 is 45.8 Å². The molecule has 0 aliphatic carbocycles. The number of aromatic amines is 1. The second-order valence-electron chi connectivity index (χ2n) is 7.25. The molecule has 0 aliphatic rings. The number of hydrogen-bond donors (Lipinski definition) is 1. The summed E-state index contributed by atoms with van der Waals surface area (Å²) >= 11 is 4.83. The summed E-state index contributed by atoms with van der Waals surface area (Å²) in [4.78, 5) is 19.8. The number of nitrogens with one attached hydrogen (secondary N) is 1. The molecule has 2 aromatic heterocycles. The van der Waals surface area contributed by atoms with Crippen molar-refractivity contribution in [2.75, 3.05) is 0 Å². The summed E-state index contributed by atoms with van der Waals surface area (Å²) in [5.74, 6) is 2.06. The van der Waals surface area contributed by atoms with Gasteiger partial charge >= 0.3 is 0 Å². The lowest BCUT2D eigenvalue weighted by atomic mass is 10.0. The maximum Gasteiger partial charge on any atom is 0.258 e. The minimum atomic E-state index is -0.111. The second kappa shape index (κ2) is 9.32. The monoisotopic (exact) mass is 454 g/mol. The lowest BCUT2D eigenvalue weighted by Crippen LogP contribution is -2.12. The molecule has 4 rings (SSSR count). The minimum absolute atomic E-state index is 0.0308. The topological polar surface area (TPSA) is 71.5 Å². The number of fused-ring (bicyclic) bond motifs is 1. The van der Waals surface area contributed by atoms with Gasteiger partial charge in [0.25, 0.3) is 5.56 Å². The first-order valence-corrected chi connectivity index (χ1v) is 12.4. The number of benzene rings is 2. The molecule has 0 saturated carbocycles. The molecule has 1 atom stereocenters. The highest BCUT2D eigenvalue weighted by Gasteiger charge is 2.15. The number of aromatic nitrogens is 4. The first-order valence-electron chi connectivity index (χ1n) is 9.70. The fraction of sp³-hybridized carbons (Fsp3) is 0.273. The average molecular weight is 455 g/mol. The fourth-order valence-electron chi connectivity index (χ4n) is 2.95.